The highest BCUT2D eigenvalue weighted by atomic mass is 32.2. The fourth-order valence-electron chi connectivity index (χ4n) is 2.46. The first-order valence-electron chi connectivity index (χ1n) is 7.55. The Bertz CT molecular complexity index is 535. The standard InChI is InChI=1S/C13H25N5O2S/c1-3-5-14-10-12-11-15-16-13(12)21(19,20)18-8-6-17(4-2)7-9-18/h11,14H,3-10H2,1-2H3,(H,15,16). The third-order valence-electron chi connectivity index (χ3n) is 3.80. The summed E-state index contributed by atoms with van der Waals surface area (Å²) in [6.07, 6.45) is 2.61. The number of aromatic nitrogens is 2. The van der Waals surface area contributed by atoms with Crippen LogP contribution in [0.5, 0.6) is 0 Å². The van der Waals surface area contributed by atoms with Crippen LogP contribution in [0.1, 0.15) is 25.8 Å². The fourth-order valence-corrected chi connectivity index (χ4v) is 3.99. The van der Waals surface area contributed by atoms with Crippen LogP contribution in [-0.4, -0.2) is 67.1 Å². The molecular formula is C13H25N5O2S. The molecule has 0 bridgehead atoms. The molecule has 1 aromatic rings. The van der Waals surface area contributed by atoms with E-state index >= 15 is 0 Å². The number of likely N-dealkylation sites (N-methyl/N-ethyl adjacent to an activating group) is 1. The summed E-state index contributed by atoms with van der Waals surface area (Å²) in [5, 5.41) is 10.0. The number of rotatable bonds is 7. The second-order valence-corrected chi connectivity index (χ2v) is 7.11. The summed E-state index contributed by atoms with van der Waals surface area (Å²) in [4.78, 5) is 2.25. The van der Waals surface area contributed by atoms with E-state index in [9.17, 15) is 8.42 Å². The average molecular weight is 315 g/mol. The molecule has 2 N–H and O–H groups in total. The lowest BCUT2D eigenvalue weighted by atomic mass is 10.3. The van der Waals surface area contributed by atoms with E-state index < -0.39 is 10.0 Å². The molecule has 21 heavy (non-hydrogen) atoms. The van der Waals surface area contributed by atoms with Gasteiger partial charge in [0.25, 0.3) is 10.0 Å². The van der Waals surface area contributed by atoms with E-state index in [1.54, 1.807) is 10.5 Å². The van der Waals surface area contributed by atoms with E-state index in [-0.39, 0.29) is 5.03 Å². The van der Waals surface area contributed by atoms with Crippen molar-refractivity contribution < 1.29 is 8.42 Å². The quantitative estimate of drug-likeness (QED) is 0.704. The number of aromatic amines is 1. The number of hydrogen-bond acceptors (Lipinski definition) is 5. The van der Waals surface area contributed by atoms with Gasteiger partial charge in [-0.1, -0.05) is 13.8 Å². The Morgan fingerprint density at radius 3 is 2.62 bits per heavy atom. The smallest absolute Gasteiger partial charge is 0.260 e. The Kier molecular flexibility index (Phi) is 5.74. The number of hydrogen-bond donors (Lipinski definition) is 2. The molecule has 1 saturated heterocycles. The molecule has 0 aromatic carbocycles. The first kappa shape index (κ1) is 16.4. The minimum absolute atomic E-state index is 0.232. The summed E-state index contributed by atoms with van der Waals surface area (Å²) in [5.74, 6) is 0. The largest absolute Gasteiger partial charge is 0.313 e. The first-order valence-corrected chi connectivity index (χ1v) is 8.99. The zero-order chi connectivity index (χ0) is 15.3. The molecule has 0 aliphatic carbocycles. The predicted octanol–water partition coefficient (Wildman–Crippen LogP) is 0.236. The lowest BCUT2D eigenvalue weighted by Gasteiger charge is -2.33. The number of piperazine rings is 1. The molecule has 0 amide bonds. The second-order valence-electron chi connectivity index (χ2n) is 5.24. The van der Waals surface area contributed by atoms with Crippen LogP contribution in [-0.2, 0) is 16.6 Å². The van der Waals surface area contributed by atoms with Crippen LogP contribution in [0.25, 0.3) is 0 Å². The van der Waals surface area contributed by atoms with Gasteiger partial charge in [-0.25, -0.2) is 8.42 Å². The van der Waals surface area contributed by atoms with Gasteiger partial charge in [0.2, 0.25) is 0 Å². The molecule has 0 unspecified atom stereocenters. The van der Waals surface area contributed by atoms with Crippen molar-refractivity contribution in [1.82, 2.24) is 24.7 Å². The van der Waals surface area contributed by atoms with E-state index in [0.717, 1.165) is 32.6 Å². The molecule has 0 atom stereocenters. The highest BCUT2D eigenvalue weighted by Crippen LogP contribution is 2.19. The average Bonchev–Trinajstić information content (AvgIpc) is 2.97. The maximum absolute atomic E-state index is 12.7. The van der Waals surface area contributed by atoms with Crippen LogP contribution in [0.3, 0.4) is 0 Å². The molecular weight excluding hydrogens is 290 g/mol. The van der Waals surface area contributed by atoms with Crippen molar-refractivity contribution in [2.45, 2.75) is 31.8 Å². The minimum atomic E-state index is -3.47. The highest BCUT2D eigenvalue weighted by Gasteiger charge is 2.31. The van der Waals surface area contributed by atoms with Gasteiger partial charge in [-0.15, -0.1) is 0 Å². The molecule has 1 aromatic heterocycles. The summed E-state index contributed by atoms with van der Waals surface area (Å²) in [6, 6.07) is 0. The van der Waals surface area contributed by atoms with Gasteiger partial charge in [-0.05, 0) is 19.5 Å². The lowest BCUT2D eigenvalue weighted by Crippen LogP contribution is -2.48. The Hall–Kier alpha value is -0.960. The van der Waals surface area contributed by atoms with E-state index in [1.807, 2.05) is 0 Å². The Balaban J connectivity index is 2.08. The highest BCUT2D eigenvalue weighted by molar-refractivity contribution is 7.89. The summed E-state index contributed by atoms with van der Waals surface area (Å²) in [6.45, 7) is 9.16. The van der Waals surface area contributed by atoms with Gasteiger partial charge in [0.1, 0.15) is 0 Å². The van der Waals surface area contributed by atoms with E-state index in [1.165, 1.54) is 0 Å². The van der Waals surface area contributed by atoms with Gasteiger partial charge in [-0.3, -0.25) is 5.10 Å². The summed E-state index contributed by atoms with van der Waals surface area (Å²) in [5.41, 5.74) is 0.710. The van der Waals surface area contributed by atoms with E-state index in [2.05, 4.69) is 34.3 Å². The molecule has 8 heteroatoms. The Morgan fingerprint density at radius 1 is 1.29 bits per heavy atom. The summed E-state index contributed by atoms with van der Waals surface area (Å²) in [7, 11) is -3.47. The normalized spacial score (nSPS) is 18.2. The summed E-state index contributed by atoms with van der Waals surface area (Å²) < 4.78 is 27.0. The molecule has 7 nitrogen and oxygen atoms in total. The van der Waals surface area contributed by atoms with Crippen LogP contribution >= 0.6 is 0 Å². The molecule has 0 saturated carbocycles. The predicted molar refractivity (Wildman–Crippen MR) is 81.5 cm³/mol. The molecule has 0 spiro atoms. The first-order chi connectivity index (χ1) is 10.1. The van der Waals surface area contributed by atoms with Gasteiger partial charge < -0.3 is 10.2 Å². The Morgan fingerprint density at radius 2 is 2.00 bits per heavy atom. The van der Waals surface area contributed by atoms with Crippen LogP contribution in [0.2, 0.25) is 0 Å². The van der Waals surface area contributed by atoms with Gasteiger partial charge in [0, 0.05) is 38.3 Å². The monoisotopic (exact) mass is 315 g/mol. The van der Waals surface area contributed by atoms with Crippen molar-refractivity contribution in [1.29, 1.82) is 0 Å². The molecule has 1 fully saturated rings. The van der Waals surface area contributed by atoms with Crippen molar-refractivity contribution in [3.63, 3.8) is 0 Å². The minimum Gasteiger partial charge on any atom is -0.313 e. The maximum Gasteiger partial charge on any atom is 0.260 e. The van der Waals surface area contributed by atoms with Gasteiger partial charge in [0.05, 0.1) is 6.20 Å². The molecule has 1 aliphatic rings. The topological polar surface area (TPSA) is 81.3 Å². The van der Waals surface area contributed by atoms with Gasteiger partial charge in [0.15, 0.2) is 5.03 Å². The SMILES string of the molecule is CCCNCc1cn[nH]c1S(=O)(=O)N1CCN(CC)CC1. The van der Waals surface area contributed by atoms with Crippen molar-refractivity contribution in [2.24, 2.45) is 0 Å². The molecule has 0 radical (unpaired) electrons. The molecule has 1 aliphatic heterocycles. The number of sulfonamides is 1. The number of nitrogens with one attached hydrogen (secondary N) is 2. The van der Waals surface area contributed by atoms with Crippen molar-refractivity contribution in [3.8, 4) is 0 Å². The maximum atomic E-state index is 12.7. The third-order valence-corrected chi connectivity index (χ3v) is 5.71. The third kappa shape index (κ3) is 3.82. The van der Waals surface area contributed by atoms with Crippen molar-refractivity contribution in [3.05, 3.63) is 11.8 Å². The van der Waals surface area contributed by atoms with Crippen LogP contribution in [0, 0.1) is 0 Å². The van der Waals surface area contributed by atoms with Gasteiger partial charge >= 0.3 is 0 Å². The van der Waals surface area contributed by atoms with Crippen LogP contribution < -0.4 is 5.32 Å². The van der Waals surface area contributed by atoms with E-state index in [4.69, 9.17) is 0 Å². The molecule has 2 heterocycles. The number of H-pyrrole nitrogens is 1. The second kappa shape index (κ2) is 7.35. The van der Waals surface area contributed by atoms with E-state index in [0.29, 0.717) is 25.2 Å². The zero-order valence-corrected chi connectivity index (χ0v) is 13.6. The summed E-state index contributed by atoms with van der Waals surface area (Å²) >= 11 is 0. The van der Waals surface area contributed by atoms with Crippen molar-refractivity contribution in [2.75, 3.05) is 39.3 Å². The zero-order valence-electron chi connectivity index (χ0n) is 12.8. The molecule has 2 rings (SSSR count). The lowest BCUT2D eigenvalue weighted by molar-refractivity contribution is 0.196. The van der Waals surface area contributed by atoms with Crippen LogP contribution in [0.4, 0.5) is 0 Å². The molecule has 120 valence electrons. The van der Waals surface area contributed by atoms with Gasteiger partial charge in [-0.2, -0.15) is 9.40 Å². The Labute approximate surface area is 126 Å². The van der Waals surface area contributed by atoms with Crippen molar-refractivity contribution >= 4 is 10.0 Å². The van der Waals surface area contributed by atoms with Crippen LogP contribution in [0.15, 0.2) is 11.2 Å². The fraction of sp³-hybridized carbons (Fsp3) is 0.769. The number of nitrogens with zero attached hydrogens (tertiary/aromatic N) is 3.